The Balaban J connectivity index is 2.24. The molecule has 1 rings (SSSR count). The third-order valence-corrected chi connectivity index (χ3v) is 5.84. The van der Waals surface area contributed by atoms with E-state index in [0.29, 0.717) is 0 Å². The van der Waals surface area contributed by atoms with E-state index in [0.717, 1.165) is 24.9 Å². The number of benzene rings is 1. The Hall–Kier alpha value is -0.580. The van der Waals surface area contributed by atoms with Crippen molar-refractivity contribution in [1.29, 1.82) is 0 Å². The lowest BCUT2D eigenvalue weighted by molar-refractivity contribution is -0.124. The van der Waals surface area contributed by atoms with Gasteiger partial charge in [0.15, 0.2) is 5.01 Å². The van der Waals surface area contributed by atoms with E-state index < -0.39 is 5.01 Å². The van der Waals surface area contributed by atoms with Crippen LogP contribution in [0.4, 0.5) is 5.69 Å². The van der Waals surface area contributed by atoms with Gasteiger partial charge >= 0.3 is 0 Å². The maximum absolute atomic E-state index is 12.4. The molecule has 29 heavy (non-hydrogen) atoms. The Morgan fingerprint density at radius 3 is 2.10 bits per heavy atom. The summed E-state index contributed by atoms with van der Waals surface area (Å²) >= 11 is 9.59. The molecule has 3 nitrogen and oxygen atoms in total. The van der Waals surface area contributed by atoms with Crippen LogP contribution < -0.4 is 5.32 Å². The predicted molar refractivity (Wildman–Crippen MR) is 129 cm³/mol. The Kier molecular flexibility index (Phi) is 15.6. The minimum absolute atomic E-state index is 0.0116. The zero-order valence-corrected chi connectivity index (χ0v) is 20.5. The summed E-state index contributed by atoms with van der Waals surface area (Å²) in [5.74, 6) is -0.188. The molecule has 1 aromatic carbocycles. The number of carbonyl (C=O) groups excluding carboxylic acids is 1. The molecule has 3 unspecified atom stereocenters. The number of anilines is 1. The molecule has 0 aliphatic rings. The molecule has 0 fully saturated rings. The molecule has 1 N–H and O–H groups in total. The molecule has 0 saturated carbocycles. The number of amides is 1. The second-order valence-corrected chi connectivity index (χ2v) is 9.49. The highest BCUT2D eigenvalue weighted by Gasteiger charge is 2.22. The first-order valence-corrected chi connectivity index (χ1v) is 12.7. The summed E-state index contributed by atoms with van der Waals surface area (Å²) in [6.45, 7) is 4.24. The van der Waals surface area contributed by atoms with Gasteiger partial charge in [-0.3, -0.25) is 4.79 Å². The van der Waals surface area contributed by atoms with Crippen LogP contribution in [0, 0.1) is 0 Å². The van der Waals surface area contributed by atoms with Crippen molar-refractivity contribution in [3.8, 4) is 0 Å². The number of carbonyl (C=O) groups is 1. The topological polar surface area (TPSA) is 38.3 Å². The first-order chi connectivity index (χ1) is 14.0. The quantitative estimate of drug-likeness (QED) is 0.178. The van der Waals surface area contributed by atoms with E-state index in [1.54, 1.807) is 0 Å². The summed E-state index contributed by atoms with van der Waals surface area (Å²) in [5.41, 5.74) is 0.766. The standard InChI is InChI=1S/C24H39BrClNO2/c1-3-4-5-6-7-8-9-10-11-15-18-22(19-20(2)26)29-23(25)24(28)27-21-16-13-12-14-17-21/h12-14,16-17,20,22-23H,3-11,15,18-19H2,1-2H3,(H,27,28). The van der Waals surface area contributed by atoms with Crippen LogP contribution in [0.25, 0.3) is 0 Å². The fourth-order valence-corrected chi connectivity index (χ4v) is 4.03. The number of alkyl halides is 2. The molecule has 0 aliphatic carbocycles. The molecule has 5 heteroatoms. The van der Waals surface area contributed by atoms with Crippen LogP contribution in [0.3, 0.4) is 0 Å². The molecule has 0 radical (unpaired) electrons. The normalized spacial score (nSPS) is 14.3. The van der Waals surface area contributed by atoms with Crippen LogP contribution in [0.5, 0.6) is 0 Å². The van der Waals surface area contributed by atoms with E-state index in [9.17, 15) is 4.79 Å². The summed E-state index contributed by atoms with van der Waals surface area (Å²) in [7, 11) is 0. The van der Waals surface area contributed by atoms with Gasteiger partial charge in [-0.25, -0.2) is 0 Å². The summed E-state index contributed by atoms with van der Waals surface area (Å²) in [6.07, 6.45) is 14.8. The van der Waals surface area contributed by atoms with Crippen molar-refractivity contribution in [3.05, 3.63) is 30.3 Å². The van der Waals surface area contributed by atoms with E-state index in [1.165, 1.54) is 57.8 Å². The van der Waals surface area contributed by atoms with Gasteiger partial charge in [0.05, 0.1) is 6.10 Å². The lowest BCUT2D eigenvalue weighted by atomic mass is 10.0. The minimum atomic E-state index is -0.675. The molecule has 0 heterocycles. The van der Waals surface area contributed by atoms with Gasteiger partial charge in [-0.05, 0) is 47.8 Å². The molecule has 0 aromatic heterocycles. The van der Waals surface area contributed by atoms with Gasteiger partial charge in [0, 0.05) is 11.1 Å². The SMILES string of the molecule is CCCCCCCCCCCCC(CC(C)Cl)OC(Br)C(=O)Nc1ccccc1. The third kappa shape index (κ3) is 14.1. The number of unbranched alkanes of at least 4 members (excludes halogenated alkanes) is 9. The average molecular weight is 489 g/mol. The molecule has 0 aliphatic heterocycles. The van der Waals surface area contributed by atoms with Crippen LogP contribution >= 0.6 is 27.5 Å². The largest absolute Gasteiger partial charge is 0.354 e. The number of nitrogens with one attached hydrogen (secondary N) is 1. The highest BCUT2D eigenvalue weighted by molar-refractivity contribution is 9.09. The fourth-order valence-electron chi connectivity index (χ4n) is 3.41. The van der Waals surface area contributed by atoms with Crippen molar-refractivity contribution in [2.75, 3.05) is 5.32 Å². The number of rotatable bonds is 17. The van der Waals surface area contributed by atoms with E-state index >= 15 is 0 Å². The van der Waals surface area contributed by atoms with E-state index in [1.807, 2.05) is 37.3 Å². The molecule has 0 saturated heterocycles. The second kappa shape index (κ2) is 17.1. The summed E-state index contributed by atoms with van der Waals surface area (Å²) in [6, 6.07) is 9.42. The van der Waals surface area contributed by atoms with Crippen LogP contribution in [0.1, 0.15) is 90.9 Å². The van der Waals surface area contributed by atoms with E-state index in [4.69, 9.17) is 16.3 Å². The molecule has 0 bridgehead atoms. The molecule has 1 aromatic rings. The van der Waals surface area contributed by atoms with Crippen LogP contribution in [-0.2, 0) is 9.53 Å². The predicted octanol–water partition coefficient (Wildman–Crippen LogP) is 8.06. The van der Waals surface area contributed by atoms with E-state index in [2.05, 4.69) is 28.2 Å². The highest BCUT2D eigenvalue weighted by Crippen LogP contribution is 2.21. The highest BCUT2D eigenvalue weighted by atomic mass is 79.9. The van der Waals surface area contributed by atoms with E-state index in [-0.39, 0.29) is 17.4 Å². The van der Waals surface area contributed by atoms with Gasteiger partial charge in [-0.15, -0.1) is 11.6 Å². The maximum atomic E-state index is 12.4. The van der Waals surface area contributed by atoms with Crippen LogP contribution in [0.2, 0.25) is 0 Å². The fraction of sp³-hybridized carbons (Fsp3) is 0.708. The molecular weight excluding hydrogens is 450 g/mol. The first kappa shape index (κ1) is 26.5. The van der Waals surface area contributed by atoms with Crippen LogP contribution in [-0.4, -0.2) is 22.4 Å². The van der Waals surface area contributed by atoms with Crippen molar-refractivity contribution < 1.29 is 9.53 Å². The maximum Gasteiger partial charge on any atom is 0.264 e. The monoisotopic (exact) mass is 487 g/mol. The molecular formula is C24H39BrClNO2. The summed E-state index contributed by atoms with van der Waals surface area (Å²) in [4.78, 5) is 12.4. The van der Waals surface area contributed by atoms with Crippen molar-refractivity contribution in [2.24, 2.45) is 0 Å². The van der Waals surface area contributed by atoms with Gasteiger partial charge in [0.1, 0.15) is 0 Å². The average Bonchev–Trinajstić information content (AvgIpc) is 2.69. The third-order valence-electron chi connectivity index (χ3n) is 5.03. The summed E-state index contributed by atoms with van der Waals surface area (Å²) < 4.78 is 6.00. The minimum Gasteiger partial charge on any atom is -0.354 e. The Morgan fingerprint density at radius 1 is 1.00 bits per heavy atom. The lowest BCUT2D eigenvalue weighted by Gasteiger charge is -2.22. The number of hydrogen-bond donors (Lipinski definition) is 1. The molecule has 0 spiro atoms. The van der Waals surface area contributed by atoms with Crippen LogP contribution in [0.15, 0.2) is 30.3 Å². The number of halogens is 2. The second-order valence-electron chi connectivity index (χ2n) is 7.92. The molecule has 1 amide bonds. The molecule has 3 atom stereocenters. The Bertz CT molecular complexity index is 527. The van der Waals surface area contributed by atoms with Gasteiger partial charge in [0.2, 0.25) is 0 Å². The smallest absolute Gasteiger partial charge is 0.264 e. The van der Waals surface area contributed by atoms with Gasteiger partial charge in [-0.1, -0.05) is 89.3 Å². The van der Waals surface area contributed by atoms with Gasteiger partial charge < -0.3 is 10.1 Å². The Labute approximate surface area is 191 Å². The Morgan fingerprint density at radius 2 is 1.55 bits per heavy atom. The van der Waals surface area contributed by atoms with Crippen molar-refractivity contribution in [1.82, 2.24) is 0 Å². The molecule has 166 valence electrons. The zero-order chi connectivity index (χ0) is 21.3. The number of hydrogen-bond acceptors (Lipinski definition) is 2. The summed E-state index contributed by atoms with van der Waals surface area (Å²) in [5, 5.41) is 2.22. The zero-order valence-electron chi connectivity index (χ0n) is 18.2. The lowest BCUT2D eigenvalue weighted by Crippen LogP contribution is -2.30. The van der Waals surface area contributed by atoms with Crippen molar-refractivity contribution >= 4 is 39.1 Å². The first-order valence-electron chi connectivity index (χ1n) is 11.3. The van der Waals surface area contributed by atoms with Gasteiger partial charge in [-0.2, -0.15) is 0 Å². The number of ether oxygens (including phenoxy) is 1. The van der Waals surface area contributed by atoms with Gasteiger partial charge in [0.25, 0.3) is 5.91 Å². The van der Waals surface area contributed by atoms with Crippen molar-refractivity contribution in [3.63, 3.8) is 0 Å². The number of para-hydroxylation sites is 1. The van der Waals surface area contributed by atoms with Crippen molar-refractivity contribution in [2.45, 2.75) is 107 Å².